The Labute approximate surface area is 112 Å². The van der Waals surface area contributed by atoms with Crippen molar-refractivity contribution in [1.82, 2.24) is 5.32 Å². The van der Waals surface area contributed by atoms with E-state index in [1.54, 1.807) is 32.9 Å². The Hall–Kier alpha value is -2.04. The lowest BCUT2D eigenvalue weighted by Crippen LogP contribution is -2.34. The van der Waals surface area contributed by atoms with Crippen molar-refractivity contribution >= 4 is 11.9 Å². The molecule has 2 N–H and O–H groups in total. The highest BCUT2D eigenvalue weighted by Gasteiger charge is 2.21. The molecular formula is C14H19NO4. The van der Waals surface area contributed by atoms with Crippen molar-refractivity contribution in [1.29, 1.82) is 0 Å². The number of carbonyl (C=O) groups excluding carboxylic acids is 1. The largest absolute Gasteiger partial charge is 0.497 e. The number of carboxylic acids is 1. The zero-order chi connectivity index (χ0) is 14.6. The van der Waals surface area contributed by atoms with Gasteiger partial charge in [-0.3, -0.25) is 4.79 Å². The molecule has 1 aromatic rings. The van der Waals surface area contributed by atoms with Crippen LogP contribution in [0.3, 0.4) is 0 Å². The average molecular weight is 265 g/mol. The molecule has 104 valence electrons. The van der Waals surface area contributed by atoms with Crippen LogP contribution in [0.25, 0.3) is 0 Å². The predicted molar refractivity (Wildman–Crippen MR) is 71.3 cm³/mol. The van der Waals surface area contributed by atoms with Crippen LogP contribution in [0.5, 0.6) is 5.75 Å². The second-order valence-corrected chi connectivity index (χ2v) is 5.26. The van der Waals surface area contributed by atoms with E-state index >= 15 is 0 Å². The van der Waals surface area contributed by atoms with E-state index in [2.05, 4.69) is 5.32 Å². The number of rotatable bonds is 4. The molecule has 5 heteroatoms. The van der Waals surface area contributed by atoms with Gasteiger partial charge in [-0.05, 0) is 17.7 Å². The van der Waals surface area contributed by atoms with E-state index in [1.807, 2.05) is 0 Å². The van der Waals surface area contributed by atoms with Crippen molar-refractivity contribution < 1.29 is 19.4 Å². The number of aromatic carboxylic acids is 1. The van der Waals surface area contributed by atoms with Gasteiger partial charge in [0.25, 0.3) is 0 Å². The number of nitrogens with one attached hydrogen (secondary N) is 1. The van der Waals surface area contributed by atoms with E-state index in [1.165, 1.54) is 13.2 Å². The number of amides is 1. The quantitative estimate of drug-likeness (QED) is 0.873. The molecule has 0 aliphatic carbocycles. The Morgan fingerprint density at radius 2 is 1.95 bits per heavy atom. The second kappa shape index (κ2) is 5.73. The van der Waals surface area contributed by atoms with E-state index in [0.29, 0.717) is 11.3 Å². The minimum atomic E-state index is -1.04. The summed E-state index contributed by atoms with van der Waals surface area (Å²) in [5.41, 5.74) is 0.176. The van der Waals surface area contributed by atoms with Crippen molar-refractivity contribution in [2.45, 2.75) is 27.3 Å². The molecule has 0 atom stereocenters. The minimum Gasteiger partial charge on any atom is -0.497 e. The summed E-state index contributed by atoms with van der Waals surface area (Å²) in [7, 11) is 1.47. The Kier molecular flexibility index (Phi) is 4.53. The summed E-state index contributed by atoms with van der Waals surface area (Å²) < 4.78 is 4.99. The molecule has 0 aliphatic rings. The molecule has 0 bridgehead atoms. The van der Waals surface area contributed by atoms with Crippen LogP contribution in [-0.4, -0.2) is 24.1 Å². The summed E-state index contributed by atoms with van der Waals surface area (Å²) in [6, 6.07) is 4.76. The molecule has 0 fully saturated rings. The summed E-state index contributed by atoms with van der Waals surface area (Å²) in [6.45, 7) is 5.58. The van der Waals surface area contributed by atoms with Crippen LogP contribution in [0.2, 0.25) is 0 Å². The molecule has 5 nitrogen and oxygen atoms in total. The SMILES string of the molecule is COc1ccc(CNC(=O)C(C)(C)C)c(C(=O)O)c1. The summed E-state index contributed by atoms with van der Waals surface area (Å²) in [5.74, 6) is -0.693. The molecule has 0 unspecified atom stereocenters. The summed E-state index contributed by atoms with van der Waals surface area (Å²) >= 11 is 0. The van der Waals surface area contributed by atoms with Crippen molar-refractivity contribution in [3.8, 4) is 5.75 Å². The fraction of sp³-hybridized carbons (Fsp3) is 0.429. The van der Waals surface area contributed by atoms with Gasteiger partial charge in [0.1, 0.15) is 5.75 Å². The van der Waals surface area contributed by atoms with Crippen LogP contribution in [0.1, 0.15) is 36.7 Å². The molecule has 0 saturated heterocycles. The van der Waals surface area contributed by atoms with E-state index in [0.717, 1.165) is 0 Å². The highest BCUT2D eigenvalue weighted by molar-refractivity contribution is 5.90. The van der Waals surface area contributed by atoms with Gasteiger partial charge in [-0.1, -0.05) is 26.8 Å². The minimum absolute atomic E-state index is 0.125. The monoisotopic (exact) mass is 265 g/mol. The maximum absolute atomic E-state index is 11.8. The van der Waals surface area contributed by atoms with Crippen molar-refractivity contribution in [3.63, 3.8) is 0 Å². The van der Waals surface area contributed by atoms with Crippen LogP contribution < -0.4 is 10.1 Å². The second-order valence-electron chi connectivity index (χ2n) is 5.26. The topological polar surface area (TPSA) is 75.6 Å². The number of carbonyl (C=O) groups is 2. The average Bonchev–Trinajstić information content (AvgIpc) is 2.34. The number of methoxy groups -OCH3 is 1. The third kappa shape index (κ3) is 3.98. The highest BCUT2D eigenvalue weighted by Crippen LogP contribution is 2.19. The standard InChI is InChI=1S/C14H19NO4/c1-14(2,3)13(18)15-8-9-5-6-10(19-4)7-11(9)12(16)17/h5-7H,8H2,1-4H3,(H,15,18)(H,16,17). The number of hydrogen-bond acceptors (Lipinski definition) is 3. The molecule has 0 radical (unpaired) electrons. The van der Waals surface area contributed by atoms with Gasteiger partial charge in [0.2, 0.25) is 5.91 Å². The lowest BCUT2D eigenvalue weighted by atomic mass is 9.95. The van der Waals surface area contributed by atoms with Gasteiger partial charge < -0.3 is 15.2 Å². The lowest BCUT2D eigenvalue weighted by Gasteiger charge is -2.18. The van der Waals surface area contributed by atoms with Crippen LogP contribution in [-0.2, 0) is 11.3 Å². The molecule has 0 spiro atoms. The summed E-state index contributed by atoms with van der Waals surface area (Å²) in [6.07, 6.45) is 0. The van der Waals surface area contributed by atoms with Gasteiger partial charge in [-0.2, -0.15) is 0 Å². The fourth-order valence-electron chi connectivity index (χ4n) is 1.48. The van der Waals surface area contributed by atoms with E-state index in [4.69, 9.17) is 9.84 Å². The maximum Gasteiger partial charge on any atom is 0.336 e. The van der Waals surface area contributed by atoms with Crippen molar-refractivity contribution in [2.75, 3.05) is 7.11 Å². The molecule has 0 aromatic heterocycles. The van der Waals surface area contributed by atoms with E-state index < -0.39 is 11.4 Å². The molecule has 1 rings (SSSR count). The first-order valence-electron chi connectivity index (χ1n) is 5.94. The van der Waals surface area contributed by atoms with Gasteiger partial charge in [0.05, 0.1) is 12.7 Å². The van der Waals surface area contributed by atoms with Gasteiger partial charge >= 0.3 is 5.97 Å². The number of benzene rings is 1. The zero-order valence-electron chi connectivity index (χ0n) is 11.6. The van der Waals surface area contributed by atoms with Crippen LogP contribution in [0.15, 0.2) is 18.2 Å². The molecule has 1 amide bonds. The molecule has 0 heterocycles. The molecule has 0 saturated carbocycles. The summed E-state index contributed by atoms with van der Waals surface area (Å²) in [4.78, 5) is 22.9. The highest BCUT2D eigenvalue weighted by atomic mass is 16.5. The first-order chi connectivity index (χ1) is 8.75. The third-order valence-corrected chi connectivity index (χ3v) is 2.67. The fourth-order valence-corrected chi connectivity index (χ4v) is 1.48. The Morgan fingerprint density at radius 3 is 2.42 bits per heavy atom. The van der Waals surface area contributed by atoms with Crippen LogP contribution in [0, 0.1) is 5.41 Å². The normalized spacial score (nSPS) is 10.9. The smallest absolute Gasteiger partial charge is 0.336 e. The van der Waals surface area contributed by atoms with Gasteiger partial charge in [-0.15, -0.1) is 0 Å². The van der Waals surface area contributed by atoms with E-state index in [-0.39, 0.29) is 18.0 Å². The van der Waals surface area contributed by atoms with Crippen molar-refractivity contribution in [3.05, 3.63) is 29.3 Å². The first kappa shape index (κ1) is 15.0. The van der Waals surface area contributed by atoms with Crippen molar-refractivity contribution in [2.24, 2.45) is 5.41 Å². The van der Waals surface area contributed by atoms with Gasteiger partial charge in [0, 0.05) is 12.0 Å². The summed E-state index contributed by atoms with van der Waals surface area (Å²) in [5, 5.41) is 11.9. The number of hydrogen-bond donors (Lipinski definition) is 2. The Bertz CT molecular complexity index is 489. The Morgan fingerprint density at radius 1 is 1.32 bits per heavy atom. The Balaban J connectivity index is 2.90. The van der Waals surface area contributed by atoms with Gasteiger partial charge in [-0.25, -0.2) is 4.79 Å². The maximum atomic E-state index is 11.8. The lowest BCUT2D eigenvalue weighted by molar-refractivity contribution is -0.128. The zero-order valence-corrected chi connectivity index (χ0v) is 11.6. The molecule has 19 heavy (non-hydrogen) atoms. The van der Waals surface area contributed by atoms with E-state index in [9.17, 15) is 9.59 Å². The van der Waals surface area contributed by atoms with Crippen LogP contribution in [0.4, 0.5) is 0 Å². The molecule has 1 aromatic carbocycles. The molecule has 0 aliphatic heterocycles. The third-order valence-electron chi connectivity index (χ3n) is 2.67. The van der Waals surface area contributed by atoms with Gasteiger partial charge in [0.15, 0.2) is 0 Å². The number of carboxylic acid groups (broad SMARTS) is 1. The molecular weight excluding hydrogens is 246 g/mol. The predicted octanol–water partition coefficient (Wildman–Crippen LogP) is 2.06. The first-order valence-corrected chi connectivity index (χ1v) is 5.94. The number of ether oxygens (including phenoxy) is 1. The van der Waals surface area contributed by atoms with Crippen LogP contribution >= 0.6 is 0 Å².